The molecule has 0 heterocycles. The molecule has 0 saturated carbocycles. The lowest BCUT2D eigenvalue weighted by Crippen LogP contribution is -2.31. The minimum atomic E-state index is -3.42. The standard InChI is InChI=1S/C21H28N2O3S/c1-15-11-12-19(14-17(15)3)23(27(5,25)26)13-7-10-21(24)22-20-9-6-8-16(2)18(20)4/h6,8-9,11-12,14H,7,10,13H2,1-5H3,(H,22,24). The minimum absolute atomic E-state index is 0.114. The number of rotatable bonds is 7. The highest BCUT2D eigenvalue weighted by molar-refractivity contribution is 7.92. The Bertz CT molecular complexity index is 936. The quantitative estimate of drug-likeness (QED) is 0.776. The fourth-order valence-corrected chi connectivity index (χ4v) is 3.81. The van der Waals surface area contributed by atoms with Gasteiger partial charge >= 0.3 is 0 Å². The fraction of sp³-hybridized carbons (Fsp3) is 0.381. The van der Waals surface area contributed by atoms with E-state index >= 15 is 0 Å². The molecule has 0 aliphatic rings. The van der Waals surface area contributed by atoms with Crippen molar-refractivity contribution >= 4 is 27.3 Å². The van der Waals surface area contributed by atoms with E-state index in [0.29, 0.717) is 12.1 Å². The van der Waals surface area contributed by atoms with Gasteiger partial charge < -0.3 is 5.32 Å². The number of carbonyl (C=O) groups is 1. The van der Waals surface area contributed by atoms with Crippen LogP contribution in [0.25, 0.3) is 0 Å². The zero-order chi connectivity index (χ0) is 20.2. The molecule has 6 heteroatoms. The molecule has 5 nitrogen and oxygen atoms in total. The van der Waals surface area contributed by atoms with E-state index in [9.17, 15) is 13.2 Å². The highest BCUT2D eigenvalue weighted by Crippen LogP contribution is 2.22. The number of hydrogen-bond acceptors (Lipinski definition) is 3. The van der Waals surface area contributed by atoms with Gasteiger partial charge in [0.25, 0.3) is 0 Å². The summed E-state index contributed by atoms with van der Waals surface area (Å²) in [5, 5.41) is 2.91. The van der Waals surface area contributed by atoms with E-state index in [4.69, 9.17) is 0 Å². The van der Waals surface area contributed by atoms with Crippen LogP contribution >= 0.6 is 0 Å². The van der Waals surface area contributed by atoms with Gasteiger partial charge in [0.2, 0.25) is 15.9 Å². The number of nitrogens with one attached hydrogen (secondary N) is 1. The summed E-state index contributed by atoms with van der Waals surface area (Å²) in [5.74, 6) is -0.114. The number of nitrogens with zero attached hydrogens (tertiary/aromatic N) is 1. The number of anilines is 2. The van der Waals surface area contributed by atoms with Crippen molar-refractivity contribution in [2.45, 2.75) is 40.5 Å². The third-order valence-corrected chi connectivity index (χ3v) is 6.02. The molecule has 27 heavy (non-hydrogen) atoms. The number of sulfonamides is 1. The molecule has 0 aliphatic heterocycles. The zero-order valence-corrected chi connectivity index (χ0v) is 17.5. The molecule has 0 unspecified atom stereocenters. The second kappa shape index (κ2) is 8.57. The van der Waals surface area contributed by atoms with Crippen molar-refractivity contribution in [3.63, 3.8) is 0 Å². The average Bonchev–Trinajstić information content (AvgIpc) is 2.57. The zero-order valence-electron chi connectivity index (χ0n) is 16.7. The van der Waals surface area contributed by atoms with E-state index < -0.39 is 10.0 Å². The molecule has 0 radical (unpaired) electrons. The van der Waals surface area contributed by atoms with Gasteiger partial charge in [-0.15, -0.1) is 0 Å². The summed E-state index contributed by atoms with van der Waals surface area (Å²) in [6.07, 6.45) is 1.89. The number of amides is 1. The summed E-state index contributed by atoms with van der Waals surface area (Å²) in [4.78, 5) is 12.3. The van der Waals surface area contributed by atoms with Crippen LogP contribution in [0.15, 0.2) is 36.4 Å². The summed E-state index contributed by atoms with van der Waals surface area (Å²) in [5.41, 5.74) is 5.74. The molecule has 0 bridgehead atoms. The van der Waals surface area contributed by atoms with Crippen molar-refractivity contribution in [1.29, 1.82) is 0 Å². The third-order valence-electron chi connectivity index (χ3n) is 4.82. The van der Waals surface area contributed by atoms with E-state index in [1.807, 2.05) is 58.0 Å². The molecule has 2 aromatic rings. The van der Waals surface area contributed by atoms with Gasteiger partial charge in [-0.25, -0.2) is 8.42 Å². The van der Waals surface area contributed by atoms with Gasteiger partial charge in [-0.1, -0.05) is 18.2 Å². The topological polar surface area (TPSA) is 66.5 Å². The maximum Gasteiger partial charge on any atom is 0.232 e. The van der Waals surface area contributed by atoms with Crippen molar-refractivity contribution in [3.05, 3.63) is 58.7 Å². The molecular formula is C21H28N2O3S. The Labute approximate surface area is 162 Å². The van der Waals surface area contributed by atoms with Gasteiger partial charge in [-0.2, -0.15) is 0 Å². The van der Waals surface area contributed by atoms with Crippen LogP contribution in [-0.2, 0) is 14.8 Å². The molecule has 0 aliphatic carbocycles. The molecule has 0 saturated heterocycles. The lowest BCUT2D eigenvalue weighted by Gasteiger charge is -2.23. The Hall–Kier alpha value is -2.34. The molecule has 2 rings (SSSR count). The van der Waals surface area contributed by atoms with Crippen LogP contribution in [0.5, 0.6) is 0 Å². The van der Waals surface area contributed by atoms with Crippen molar-refractivity contribution in [1.82, 2.24) is 0 Å². The van der Waals surface area contributed by atoms with Gasteiger partial charge in [0.1, 0.15) is 0 Å². The smallest absolute Gasteiger partial charge is 0.232 e. The van der Waals surface area contributed by atoms with Crippen LogP contribution in [0.3, 0.4) is 0 Å². The van der Waals surface area contributed by atoms with Crippen molar-refractivity contribution in [2.75, 3.05) is 22.4 Å². The Balaban J connectivity index is 2.02. The van der Waals surface area contributed by atoms with E-state index in [2.05, 4.69) is 5.32 Å². The normalized spacial score (nSPS) is 11.3. The summed E-state index contributed by atoms with van der Waals surface area (Å²) >= 11 is 0. The summed E-state index contributed by atoms with van der Waals surface area (Å²) < 4.78 is 25.8. The molecule has 146 valence electrons. The molecule has 0 atom stereocenters. The average molecular weight is 389 g/mol. The predicted molar refractivity (Wildman–Crippen MR) is 112 cm³/mol. The number of carbonyl (C=O) groups excluding carboxylic acids is 1. The van der Waals surface area contributed by atoms with Crippen LogP contribution in [0.4, 0.5) is 11.4 Å². The summed E-state index contributed by atoms with van der Waals surface area (Å²) in [6, 6.07) is 11.4. The van der Waals surface area contributed by atoms with Crippen LogP contribution in [0.2, 0.25) is 0 Å². The van der Waals surface area contributed by atoms with E-state index in [0.717, 1.165) is 27.9 Å². The van der Waals surface area contributed by atoms with Crippen molar-refractivity contribution in [2.24, 2.45) is 0 Å². The first-order valence-corrected chi connectivity index (χ1v) is 10.9. The first-order valence-electron chi connectivity index (χ1n) is 9.00. The number of benzene rings is 2. The van der Waals surface area contributed by atoms with Crippen LogP contribution < -0.4 is 9.62 Å². The summed E-state index contributed by atoms with van der Waals surface area (Å²) in [7, 11) is -3.42. The first-order chi connectivity index (χ1) is 12.6. The largest absolute Gasteiger partial charge is 0.326 e. The second-order valence-corrected chi connectivity index (χ2v) is 8.91. The molecule has 1 N–H and O–H groups in total. The Morgan fingerprint density at radius 3 is 2.33 bits per heavy atom. The van der Waals surface area contributed by atoms with Gasteiger partial charge in [0.15, 0.2) is 0 Å². The minimum Gasteiger partial charge on any atom is -0.326 e. The van der Waals surface area contributed by atoms with Gasteiger partial charge in [-0.3, -0.25) is 9.10 Å². The lowest BCUT2D eigenvalue weighted by atomic mass is 10.1. The van der Waals surface area contributed by atoms with E-state index in [1.54, 1.807) is 6.07 Å². The molecule has 0 aromatic heterocycles. The Morgan fingerprint density at radius 2 is 1.70 bits per heavy atom. The lowest BCUT2D eigenvalue weighted by molar-refractivity contribution is -0.116. The fourth-order valence-electron chi connectivity index (χ4n) is 2.85. The Morgan fingerprint density at radius 1 is 1.00 bits per heavy atom. The highest BCUT2D eigenvalue weighted by Gasteiger charge is 2.18. The van der Waals surface area contributed by atoms with Crippen molar-refractivity contribution in [3.8, 4) is 0 Å². The molecular weight excluding hydrogens is 360 g/mol. The van der Waals surface area contributed by atoms with Gasteiger partial charge in [0, 0.05) is 18.7 Å². The van der Waals surface area contributed by atoms with E-state index in [1.165, 1.54) is 10.6 Å². The number of aryl methyl sites for hydroxylation is 3. The van der Waals surface area contributed by atoms with Crippen molar-refractivity contribution < 1.29 is 13.2 Å². The molecule has 1 amide bonds. The van der Waals surface area contributed by atoms with Crippen LogP contribution in [0, 0.1) is 27.7 Å². The SMILES string of the molecule is Cc1ccc(N(CCCC(=O)Nc2cccc(C)c2C)S(C)(=O)=O)cc1C. The van der Waals surface area contributed by atoms with Crippen LogP contribution in [-0.4, -0.2) is 27.1 Å². The molecule has 0 spiro atoms. The first kappa shape index (κ1) is 21.0. The predicted octanol–water partition coefficient (Wildman–Crippen LogP) is 4.11. The Kier molecular flexibility index (Phi) is 6.65. The summed E-state index contributed by atoms with van der Waals surface area (Å²) in [6.45, 7) is 8.18. The maximum absolute atomic E-state index is 12.3. The van der Waals surface area contributed by atoms with Gasteiger partial charge in [-0.05, 0) is 74.6 Å². The number of hydrogen-bond donors (Lipinski definition) is 1. The van der Waals surface area contributed by atoms with Crippen LogP contribution in [0.1, 0.15) is 35.1 Å². The maximum atomic E-state index is 12.3. The highest BCUT2D eigenvalue weighted by atomic mass is 32.2. The van der Waals surface area contributed by atoms with Gasteiger partial charge in [0.05, 0.1) is 11.9 Å². The second-order valence-electron chi connectivity index (χ2n) is 7.00. The van der Waals surface area contributed by atoms with E-state index in [-0.39, 0.29) is 18.9 Å². The third kappa shape index (κ3) is 5.57. The monoisotopic (exact) mass is 388 g/mol. The molecule has 2 aromatic carbocycles. The molecule has 0 fully saturated rings.